The molecule has 1 atom stereocenters. The summed E-state index contributed by atoms with van der Waals surface area (Å²) >= 11 is 0. The van der Waals surface area contributed by atoms with E-state index in [1.165, 1.54) is 89.9 Å². The Labute approximate surface area is 221 Å². The first-order valence-corrected chi connectivity index (χ1v) is 14.9. The van der Waals surface area contributed by atoms with E-state index in [1.807, 2.05) is 6.92 Å². The minimum Gasteiger partial charge on any atom is -0.461 e. The Hall–Kier alpha value is -1.91. The predicted octanol–water partition coefficient (Wildman–Crippen LogP) is 9.24. The largest absolute Gasteiger partial charge is 0.461 e. The van der Waals surface area contributed by atoms with Gasteiger partial charge in [-0.25, -0.2) is 14.6 Å². The second-order valence-corrected chi connectivity index (χ2v) is 10.2. The van der Waals surface area contributed by atoms with Gasteiger partial charge in [-0.3, -0.25) is 0 Å². The molecule has 1 heterocycles. The predicted molar refractivity (Wildman–Crippen MR) is 148 cm³/mol. The summed E-state index contributed by atoms with van der Waals surface area (Å²) in [7, 11) is 0. The van der Waals surface area contributed by atoms with Gasteiger partial charge in [-0.1, -0.05) is 123 Å². The van der Waals surface area contributed by atoms with Crippen molar-refractivity contribution in [1.82, 2.24) is 4.98 Å². The standard InChI is InChI=1S/C31H53NO4/c1-4-6-8-10-11-12-13-14-15-16-17-18-19-21-26-35-30(33)28-24-22-25-29(32-28)31(34)36-27(3)23-20-9-7-5-2/h22,24-25,27H,4-21,23,26H2,1-3H3. The van der Waals surface area contributed by atoms with E-state index in [2.05, 4.69) is 18.8 Å². The molecular formula is C31H53NO4. The van der Waals surface area contributed by atoms with E-state index in [-0.39, 0.29) is 17.5 Å². The van der Waals surface area contributed by atoms with Gasteiger partial charge in [0.15, 0.2) is 0 Å². The Morgan fingerprint density at radius 2 is 1.11 bits per heavy atom. The highest BCUT2D eigenvalue weighted by Crippen LogP contribution is 2.14. The first-order valence-electron chi connectivity index (χ1n) is 14.9. The van der Waals surface area contributed by atoms with Crippen LogP contribution in [-0.4, -0.2) is 29.6 Å². The summed E-state index contributed by atoms with van der Waals surface area (Å²) in [6.45, 7) is 6.73. The molecule has 0 fully saturated rings. The molecule has 0 aliphatic heterocycles. The quantitative estimate of drug-likeness (QED) is 0.110. The molecule has 0 N–H and O–H groups in total. The molecule has 36 heavy (non-hydrogen) atoms. The fourth-order valence-corrected chi connectivity index (χ4v) is 4.36. The second-order valence-electron chi connectivity index (χ2n) is 10.2. The van der Waals surface area contributed by atoms with Gasteiger partial charge in [-0.2, -0.15) is 0 Å². The van der Waals surface area contributed by atoms with E-state index < -0.39 is 11.9 Å². The zero-order valence-corrected chi connectivity index (χ0v) is 23.5. The number of carbonyl (C=O) groups is 2. The number of hydrogen-bond acceptors (Lipinski definition) is 5. The van der Waals surface area contributed by atoms with Gasteiger partial charge in [0.05, 0.1) is 12.7 Å². The monoisotopic (exact) mass is 503 g/mol. The number of esters is 2. The maximum Gasteiger partial charge on any atom is 0.357 e. The molecule has 0 aromatic carbocycles. The van der Waals surface area contributed by atoms with Crippen LogP contribution < -0.4 is 0 Å². The molecular weight excluding hydrogens is 450 g/mol. The average molecular weight is 504 g/mol. The molecule has 1 aromatic rings. The van der Waals surface area contributed by atoms with Crippen molar-refractivity contribution in [3.63, 3.8) is 0 Å². The number of ether oxygens (including phenoxy) is 2. The van der Waals surface area contributed by atoms with Crippen molar-refractivity contribution in [2.45, 2.75) is 149 Å². The smallest absolute Gasteiger partial charge is 0.357 e. The van der Waals surface area contributed by atoms with Crippen LogP contribution in [0.1, 0.15) is 164 Å². The lowest BCUT2D eigenvalue weighted by Gasteiger charge is -2.13. The molecule has 0 spiro atoms. The Kier molecular flexibility index (Phi) is 19.9. The molecule has 0 radical (unpaired) electrons. The molecule has 0 saturated heterocycles. The normalized spacial score (nSPS) is 11.9. The van der Waals surface area contributed by atoms with E-state index in [0.29, 0.717) is 6.61 Å². The number of rotatable bonds is 23. The third-order valence-corrected chi connectivity index (χ3v) is 6.67. The summed E-state index contributed by atoms with van der Waals surface area (Å²) < 4.78 is 10.9. The molecule has 1 unspecified atom stereocenters. The third kappa shape index (κ3) is 16.7. The van der Waals surface area contributed by atoms with Crippen LogP contribution in [0.15, 0.2) is 18.2 Å². The highest BCUT2D eigenvalue weighted by Gasteiger charge is 2.16. The highest BCUT2D eigenvalue weighted by molar-refractivity contribution is 5.91. The number of pyridine rings is 1. The second kappa shape index (κ2) is 22.3. The van der Waals surface area contributed by atoms with Crippen LogP contribution in [-0.2, 0) is 9.47 Å². The van der Waals surface area contributed by atoms with E-state index in [9.17, 15) is 9.59 Å². The summed E-state index contributed by atoms with van der Waals surface area (Å²) in [5.74, 6) is -0.966. The fourth-order valence-electron chi connectivity index (χ4n) is 4.36. The molecule has 0 amide bonds. The zero-order valence-electron chi connectivity index (χ0n) is 23.5. The van der Waals surface area contributed by atoms with Crippen molar-refractivity contribution in [3.05, 3.63) is 29.6 Å². The van der Waals surface area contributed by atoms with Gasteiger partial charge in [-0.05, 0) is 38.3 Å². The minimum atomic E-state index is -0.486. The lowest BCUT2D eigenvalue weighted by molar-refractivity contribution is 0.0312. The highest BCUT2D eigenvalue weighted by atomic mass is 16.5. The Bertz CT molecular complexity index is 691. The molecule has 206 valence electrons. The maximum absolute atomic E-state index is 12.4. The summed E-state index contributed by atoms with van der Waals surface area (Å²) in [5.41, 5.74) is 0.312. The van der Waals surface area contributed by atoms with Crippen LogP contribution in [0.3, 0.4) is 0 Å². The van der Waals surface area contributed by atoms with Crippen LogP contribution in [0.5, 0.6) is 0 Å². The van der Waals surface area contributed by atoms with Crippen molar-refractivity contribution in [2.24, 2.45) is 0 Å². The van der Waals surface area contributed by atoms with E-state index in [0.717, 1.165) is 32.1 Å². The lowest BCUT2D eigenvalue weighted by atomic mass is 10.0. The van der Waals surface area contributed by atoms with Gasteiger partial charge in [0.25, 0.3) is 0 Å². The average Bonchev–Trinajstić information content (AvgIpc) is 2.88. The molecule has 1 rings (SSSR count). The molecule has 0 aliphatic rings. The number of aromatic nitrogens is 1. The maximum atomic E-state index is 12.4. The number of carbonyl (C=O) groups excluding carboxylic acids is 2. The van der Waals surface area contributed by atoms with Gasteiger partial charge in [0.2, 0.25) is 0 Å². The van der Waals surface area contributed by atoms with Crippen molar-refractivity contribution >= 4 is 11.9 Å². The van der Waals surface area contributed by atoms with Crippen molar-refractivity contribution in [1.29, 1.82) is 0 Å². The lowest BCUT2D eigenvalue weighted by Crippen LogP contribution is -2.17. The Balaban J connectivity index is 2.10. The fraction of sp³-hybridized carbons (Fsp3) is 0.774. The van der Waals surface area contributed by atoms with Gasteiger partial charge in [0.1, 0.15) is 11.4 Å². The van der Waals surface area contributed by atoms with Gasteiger partial charge in [-0.15, -0.1) is 0 Å². The number of hydrogen-bond donors (Lipinski definition) is 0. The Morgan fingerprint density at radius 1 is 0.667 bits per heavy atom. The molecule has 0 aliphatic carbocycles. The summed E-state index contributed by atoms with van der Waals surface area (Å²) in [5, 5.41) is 0. The van der Waals surface area contributed by atoms with Crippen LogP contribution >= 0.6 is 0 Å². The molecule has 5 nitrogen and oxygen atoms in total. The molecule has 1 aromatic heterocycles. The van der Waals surface area contributed by atoms with E-state index >= 15 is 0 Å². The van der Waals surface area contributed by atoms with Crippen molar-refractivity contribution in [2.75, 3.05) is 6.61 Å². The van der Waals surface area contributed by atoms with E-state index in [4.69, 9.17) is 9.47 Å². The van der Waals surface area contributed by atoms with Crippen LogP contribution in [0.25, 0.3) is 0 Å². The Morgan fingerprint density at radius 3 is 1.64 bits per heavy atom. The topological polar surface area (TPSA) is 65.5 Å². The first kappa shape index (κ1) is 32.1. The number of unbranched alkanes of at least 4 members (excludes halogenated alkanes) is 16. The van der Waals surface area contributed by atoms with Gasteiger partial charge >= 0.3 is 11.9 Å². The molecule has 0 saturated carbocycles. The van der Waals surface area contributed by atoms with Gasteiger partial charge < -0.3 is 9.47 Å². The van der Waals surface area contributed by atoms with Crippen molar-refractivity contribution < 1.29 is 19.1 Å². The summed E-state index contributed by atoms with van der Waals surface area (Å²) in [6, 6.07) is 4.81. The van der Waals surface area contributed by atoms with Crippen LogP contribution in [0, 0.1) is 0 Å². The zero-order chi connectivity index (χ0) is 26.3. The van der Waals surface area contributed by atoms with E-state index in [1.54, 1.807) is 18.2 Å². The third-order valence-electron chi connectivity index (χ3n) is 6.67. The van der Waals surface area contributed by atoms with Crippen LogP contribution in [0.2, 0.25) is 0 Å². The summed E-state index contributed by atoms with van der Waals surface area (Å²) in [4.78, 5) is 28.9. The molecule has 5 heteroatoms. The number of nitrogens with zero attached hydrogens (tertiary/aromatic N) is 1. The molecule has 0 bridgehead atoms. The van der Waals surface area contributed by atoms with Crippen LogP contribution in [0.4, 0.5) is 0 Å². The van der Waals surface area contributed by atoms with Gasteiger partial charge in [0, 0.05) is 0 Å². The SMILES string of the molecule is CCCCCCCCCCCCCCCCOC(=O)c1cccc(C(=O)OC(C)CCCCCC)n1. The minimum absolute atomic E-state index is 0.154. The summed E-state index contributed by atoms with van der Waals surface area (Å²) in [6.07, 6.45) is 23.3. The first-order chi connectivity index (χ1) is 17.6. The van der Waals surface area contributed by atoms with Crippen molar-refractivity contribution in [3.8, 4) is 0 Å².